The van der Waals surface area contributed by atoms with Crippen LogP contribution in [0.25, 0.3) is 0 Å². The van der Waals surface area contributed by atoms with E-state index in [1.165, 1.54) is 16.7 Å². The molecule has 1 fully saturated rings. The van der Waals surface area contributed by atoms with E-state index in [0.717, 1.165) is 25.5 Å². The minimum atomic E-state index is 0. The average Bonchev–Trinajstić information content (AvgIpc) is 3.29. The Morgan fingerprint density at radius 2 is 1.96 bits per heavy atom. The van der Waals surface area contributed by atoms with E-state index < -0.39 is 0 Å². The lowest BCUT2D eigenvalue weighted by Gasteiger charge is -2.19. The molecule has 1 aliphatic rings. The molecule has 0 bridgehead atoms. The van der Waals surface area contributed by atoms with Crippen molar-refractivity contribution < 1.29 is 4.79 Å². The van der Waals surface area contributed by atoms with Crippen molar-refractivity contribution in [3.8, 4) is 0 Å². The first kappa shape index (κ1) is 20.7. The van der Waals surface area contributed by atoms with E-state index in [9.17, 15) is 4.79 Å². The van der Waals surface area contributed by atoms with Gasteiger partial charge in [0.25, 0.3) is 0 Å². The number of nitrogens with one attached hydrogen (secondary N) is 2. The highest BCUT2D eigenvalue weighted by molar-refractivity contribution is 14.0. The van der Waals surface area contributed by atoms with Crippen LogP contribution in [0.15, 0.2) is 46.1 Å². The molecule has 0 atom stereocenters. The van der Waals surface area contributed by atoms with Crippen LogP contribution in [0, 0.1) is 0 Å². The van der Waals surface area contributed by atoms with Crippen molar-refractivity contribution in [3.63, 3.8) is 0 Å². The second-order valence-electron chi connectivity index (χ2n) is 6.10. The normalized spacial score (nSPS) is 14.3. The van der Waals surface area contributed by atoms with Crippen LogP contribution in [0.5, 0.6) is 0 Å². The van der Waals surface area contributed by atoms with Crippen LogP contribution >= 0.6 is 35.3 Å². The second-order valence-corrected chi connectivity index (χ2v) is 6.88. The molecule has 0 radical (unpaired) electrons. The van der Waals surface area contributed by atoms with Gasteiger partial charge in [-0.25, -0.2) is 0 Å². The van der Waals surface area contributed by atoms with Crippen LogP contribution in [-0.2, 0) is 24.4 Å². The smallest absolute Gasteiger partial charge is 0.222 e. The number of halogens is 1. The fourth-order valence-corrected chi connectivity index (χ4v) is 3.61. The number of hydrogen-bond donors (Lipinski definition) is 2. The van der Waals surface area contributed by atoms with Crippen molar-refractivity contribution in [2.45, 2.75) is 32.5 Å². The van der Waals surface area contributed by atoms with E-state index >= 15 is 0 Å². The van der Waals surface area contributed by atoms with E-state index in [1.54, 1.807) is 18.4 Å². The third kappa shape index (κ3) is 5.70. The molecule has 140 valence electrons. The number of guanidine groups is 1. The average molecular weight is 484 g/mol. The van der Waals surface area contributed by atoms with Gasteiger partial charge in [0.15, 0.2) is 5.96 Å². The molecule has 1 saturated heterocycles. The fraction of sp³-hybridized carbons (Fsp3) is 0.368. The lowest BCUT2D eigenvalue weighted by molar-refractivity contribution is -0.128. The number of thiophene rings is 1. The van der Waals surface area contributed by atoms with E-state index in [1.807, 2.05) is 17.0 Å². The highest BCUT2D eigenvalue weighted by atomic mass is 127. The minimum Gasteiger partial charge on any atom is -0.352 e. The molecule has 26 heavy (non-hydrogen) atoms. The van der Waals surface area contributed by atoms with Gasteiger partial charge in [-0.2, -0.15) is 11.3 Å². The number of amides is 1. The second kappa shape index (κ2) is 10.5. The number of hydrogen-bond acceptors (Lipinski definition) is 3. The SMILES string of the molecule is CN=C(NCc1ccsc1)NCc1ccccc1CN1CCCC1=O.I. The number of carbonyl (C=O) groups excluding carboxylic acids is 1. The lowest BCUT2D eigenvalue weighted by Crippen LogP contribution is -2.36. The van der Waals surface area contributed by atoms with Crippen molar-refractivity contribution in [3.05, 3.63) is 57.8 Å². The van der Waals surface area contributed by atoms with Gasteiger partial charge >= 0.3 is 0 Å². The van der Waals surface area contributed by atoms with E-state index in [0.29, 0.717) is 19.5 Å². The molecule has 7 heteroatoms. The summed E-state index contributed by atoms with van der Waals surface area (Å²) in [5.74, 6) is 1.04. The van der Waals surface area contributed by atoms with E-state index in [4.69, 9.17) is 0 Å². The van der Waals surface area contributed by atoms with Gasteiger partial charge < -0.3 is 15.5 Å². The monoisotopic (exact) mass is 484 g/mol. The summed E-state index contributed by atoms with van der Waals surface area (Å²) in [5, 5.41) is 10.9. The Balaban J connectivity index is 0.00000243. The zero-order valence-electron chi connectivity index (χ0n) is 14.9. The Hall–Kier alpha value is -1.61. The van der Waals surface area contributed by atoms with Crippen molar-refractivity contribution >= 4 is 47.2 Å². The number of aliphatic imine (C=N–C) groups is 1. The maximum absolute atomic E-state index is 11.9. The Morgan fingerprint density at radius 1 is 1.19 bits per heavy atom. The van der Waals surface area contributed by atoms with Crippen LogP contribution in [-0.4, -0.2) is 30.4 Å². The molecular formula is C19H25IN4OS. The van der Waals surface area contributed by atoms with Crippen LogP contribution in [0.2, 0.25) is 0 Å². The molecule has 3 rings (SSSR count). The molecule has 1 aromatic carbocycles. The molecule has 1 amide bonds. The maximum atomic E-state index is 11.9. The first-order valence-electron chi connectivity index (χ1n) is 8.56. The summed E-state index contributed by atoms with van der Waals surface area (Å²) in [7, 11) is 1.78. The van der Waals surface area contributed by atoms with Crippen LogP contribution in [0.3, 0.4) is 0 Å². The predicted molar refractivity (Wildman–Crippen MR) is 118 cm³/mol. The van der Waals surface area contributed by atoms with Gasteiger partial charge in [-0.05, 0) is 39.9 Å². The lowest BCUT2D eigenvalue weighted by atomic mass is 10.1. The maximum Gasteiger partial charge on any atom is 0.222 e. The largest absolute Gasteiger partial charge is 0.352 e. The molecule has 1 aliphatic heterocycles. The summed E-state index contributed by atoms with van der Waals surface area (Å²) >= 11 is 1.69. The van der Waals surface area contributed by atoms with Crippen LogP contribution < -0.4 is 10.6 Å². The summed E-state index contributed by atoms with van der Waals surface area (Å²) in [4.78, 5) is 18.1. The third-order valence-corrected chi connectivity index (χ3v) is 5.09. The molecular weight excluding hydrogens is 459 g/mol. The van der Waals surface area contributed by atoms with Crippen molar-refractivity contribution in [1.82, 2.24) is 15.5 Å². The van der Waals surface area contributed by atoms with Crippen LogP contribution in [0.4, 0.5) is 0 Å². The molecule has 2 aromatic rings. The standard InChI is InChI=1S/C19H24N4OS.HI/c1-20-19(21-11-15-8-10-25-14-15)22-12-16-5-2-3-6-17(16)13-23-9-4-7-18(23)24;/h2-3,5-6,8,10,14H,4,7,9,11-13H2,1H3,(H2,20,21,22);1H. The molecule has 0 aliphatic carbocycles. The zero-order valence-corrected chi connectivity index (χ0v) is 18.1. The summed E-state index contributed by atoms with van der Waals surface area (Å²) in [6.07, 6.45) is 1.65. The van der Waals surface area contributed by atoms with Gasteiger partial charge in [0.2, 0.25) is 5.91 Å². The quantitative estimate of drug-likeness (QED) is 0.376. The van der Waals surface area contributed by atoms with Gasteiger partial charge in [-0.15, -0.1) is 24.0 Å². The van der Waals surface area contributed by atoms with Crippen molar-refractivity contribution in [1.29, 1.82) is 0 Å². The Labute approximate surface area is 175 Å². The summed E-state index contributed by atoms with van der Waals surface area (Å²) in [6.45, 7) is 3.00. The van der Waals surface area contributed by atoms with Gasteiger partial charge in [-0.3, -0.25) is 9.79 Å². The van der Waals surface area contributed by atoms with E-state index in [-0.39, 0.29) is 29.9 Å². The Morgan fingerprint density at radius 3 is 2.62 bits per heavy atom. The van der Waals surface area contributed by atoms with Gasteiger partial charge in [0.1, 0.15) is 0 Å². The van der Waals surface area contributed by atoms with Gasteiger partial charge in [-0.1, -0.05) is 24.3 Å². The third-order valence-electron chi connectivity index (χ3n) is 4.36. The number of nitrogens with zero attached hydrogens (tertiary/aromatic N) is 2. The van der Waals surface area contributed by atoms with Gasteiger partial charge in [0, 0.05) is 39.6 Å². The summed E-state index contributed by atoms with van der Waals surface area (Å²) in [6, 6.07) is 10.4. The first-order chi connectivity index (χ1) is 12.3. The van der Waals surface area contributed by atoms with Crippen molar-refractivity contribution in [2.24, 2.45) is 4.99 Å². The molecule has 0 saturated carbocycles. The van der Waals surface area contributed by atoms with E-state index in [2.05, 4.69) is 44.6 Å². The molecule has 5 nitrogen and oxygen atoms in total. The molecule has 0 spiro atoms. The molecule has 2 heterocycles. The molecule has 1 aromatic heterocycles. The minimum absolute atomic E-state index is 0. The predicted octanol–water partition coefficient (Wildman–Crippen LogP) is 3.35. The Kier molecular flexibility index (Phi) is 8.37. The van der Waals surface area contributed by atoms with Crippen LogP contribution in [0.1, 0.15) is 29.5 Å². The molecule has 0 unspecified atom stereocenters. The molecule has 2 N–H and O–H groups in total. The topological polar surface area (TPSA) is 56.7 Å². The van der Waals surface area contributed by atoms with Gasteiger partial charge in [0.05, 0.1) is 0 Å². The highest BCUT2D eigenvalue weighted by Crippen LogP contribution is 2.17. The summed E-state index contributed by atoms with van der Waals surface area (Å²) < 4.78 is 0. The highest BCUT2D eigenvalue weighted by Gasteiger charge is 2.20. The summed E-state index contributed by atoms with van der Waals surface area (Å²) in [5.41, 5.74) is 3.64. The zero-order chi connectivity index (χ0) is 17.5. The number of rotatable bonds is 6. The number of benzene rings is 1. The number of likely N-dealkylation sites (tertiary alicyclic amines) is 1. The first-order valence-corrected chi connectivity index (χ1v) is 9.50. The van der Waals surface area contributed by atoms with Crippen molar-refractivity contribution in [2.75, 3.05) is 13.6 Å². The Bertz CT molecular complexity index is 733. The fourth-order valence-electron chi connectivity index (χ4n) is 2.94. The number of carbonyl (C=O) groups is 1.